The molecule has 0 amide bonds. The third-order valence-corrected chi connectivity index (χ3v) is 3.76. The van der Waals surface area contributed by atoms with Gasteiger partial charge in [-0.2, -0.15) is 0 Å². The van der Waals surface area contributed by atoms with Gasteiger partial charge in [0, 0.05) is 6.54 Å². The van der Waals surface area contributed by atoms with E-state index in [0.29, 0.717) is 6.54 Å². The highest BCUT2D eigenvalue weighted by atomic mass is 16.5. The maximum Gasteiger partial charge on any atom is 0.0597 e. The van der Waals surface area contributed by atoms with Crippen LogP contribution in [0.5, 0.6) is 0 Å². The van der Waals surface area contributed by atoms with E-state index in [1.807, 2.05) is 0 Å². The molecule has 1 fully saturated rings. The molecule has 0 spiro atoms. The first-order valence-electron chi connectivity index (χ1n) is 6.02. The number of hydrogen-bond donors (Lipinski definition) is 1. The lowest BCUT2D eigenvalue weighted by Crippen LogP contribution is -2.52. The molecule has 17 heavy (non-hydrogen) atoms. The van der Waals surface area contributed by atoms with E-state index in [4.69, 9.17) is 10.5 Å². The molecule has 2 nitrogen and oxygen atoms in total. The van der Waals surface area contributed by atoms with Crippen LogP contribution in [0.25, 0.3) is 10.8 Å². The van der Waals surface area contributed by atoms with Gasteiger partial charge in [0.15, 0.2) is 0 Å². The summed E-state index contributed by atoms with van der Waals surface area (Å²) in [7, 11) is 0. The standard InChI is InChI=1S/C15H17NO/c1-11-2-3-13-7-14(5-4-12(13)6-11)15(8-16)9-17-10-15/h2-7H,8-10,16H2,1H3. The van der Waals surface area contributed by atoms with Gasteiger partial charge in [-0.25, -0.2) is 0 Å². The van der Waals surface area contributed by atoms with Crippen molar-refractivity contribution in [2.24, 2.45) is 5.73 Å². The van der Waals surface area contributed by atoms with Gasteiger partial charge in [-0.1, -0.05) is 42.0 Å². The third kappa shape index (κ3) is 1.65. The van der Waals surface area contributed by atoms with Gasteiger partial charge < -0.3 is 10.5 Å². The fraction of sp³-hybridized carbons (Fsp3) is 0.333. The minimum Gasteiger partial charge on any atom is -0.379 e. The van der Waals surface area contributed by atoms with Crippen LogP contribution < -0.4 is 5.73 Å². The Balaban J connectivity index is 2.10. The highest BCUT2D eigenvalue weighted by Gasteiger charge is 2.38. The SMILES string of the molecule is Cc1ccc2cc(C3(CN)COC3)ccc2c1. The lowest BCUT2D eigenvalue weighted by molar-refractivity contribution is -0.0549. The Labute approximate surface area is 101 Å². The van der Waals surface area contributed by atoms with Crippen LogP contribution in [0.4, 0.5) is 0 Å². The van der Waals surface area contributed by atoms with Gasteiger partial charge in [0.1, 0.15) is 0 Å². The van der Waals surface area contributed by atoms with Gasteiger partial charge in [-0.15, -0.1) is 0 Å². The second-order valence-corrected chi connectivity index (χ2v) is 5.04. The van der Waals surface area contributed by atoms with Crippen molar-refractivity contribution in [1.82, 2.24) is 0 Å². The van der Waals surface area contributed by atoms with E-state index in [9.17, 15) is 0 Å². The molecule has 0 saturated carbocycles. The predicted octanol–water partition coefficient (Wildman–Crippen LogP) is 2.37. The van der Waals surface area contributed by atoms with Crippen molar-refractivity contribution in [2.75, 3.05) is 19.8 Å². The van der Waals surface area contributed by atoms with Crippen molar-refractivity contribution in [3.8, 4) is 0 Å². The number of aryl methyl sites for hydroxylation is 1. The van der Waals surface area contributed by atoms with E-state index >= 15 is 0 Å². The molecule has 88 valence electrons. The second kappa shape index (κ2) is 3.83. The third-order valence-electron chi connectivity index (χ3n) is 3.76. The molecule has 0 unspecified atom stereocenters. The molecule has 3 rings (SSSR count). The number of ether oxygens (including phenoxy) is 1. The average Bonchev–Trinajstić information content (AvgIpc) is 2.28. The molecular weight excluding hydrogens is 210 g/mol. The van der Waals surface area contributed by atoms with E-state index < -0.39 is 0 Å². The maximum absolute atomic E-state index is 5.89. The molecule has 0 radical (unpaired) electrons. The molecule has 1 aliphatic rings. The Morgan fingerprint density at radius 2 is 1.82 bits per heavy atom. The minimum absolute atomic E-state index is 0.0546. The molecule has 0 aromatic heterocycles. The van der Waals surface area contributed by atoms with Crippen LogP contribution in [0.15, 0.2) is 36.4 Å². The fourth-order valence-corrected chi connectivity index (χ4v) is 2.45. The number of nitrogens with two attached hydrogens (primary N) is 1. The summed E-state index contributed by atoms with van der Waals surface area (Å²) >= 11 is 0. The predicted molar refractivity (Wildman–Crippen MR) is 70.2 cm³/mol. The number of fused-ring (bicyclic) bond motifs is 1. The first kappa shape index (κ1) is 10.8. The van der Waals surface area contributed by atoms with E-state index in [-0.39, 0.29) is 5.41 Å². The Bertz CT molecular complexity index is 552. The van der Waals surface area contributed by atoms with Crippen LogP contribution in [0, 0.1) is 6.92 Å². The lowest BCUT2D eigenvalue weighted by Gasteiger charge is -2.41. The van der Waals surface area contributed by atoms with Gasteiger partial charge in [0.2, 0.25) is 0 Å². The van der Waals surface area contributed by atoms with Gasteiger partial charge in [-0.05, 0) is 23.3 Å². The summed E-state index contributed by atoms with van der Waals surface area (Å²) in [5.74, 6) is 0. The molecule has 2 aromatic carbocycles. The summed E-state index contributed by atoms with van der Waals surface area (Å²) in [6.07, 6.45) is 0. The van der Waals surface area contributed by atoms with Gasteiger partial charge in [0.25, 0.3) is 0 Å². The highest BCUT2D eigenvalue weighted by molar-refractivity contribution is 5.84. The first-order chi connectivity index (χ1) is 8.23. The smallest absolute Gasteiger partial charge is 0.0597 e. The van der Waals surface area contributed by atoms with Crippen LogP contribution >= 0.6 is 0 Å². The summed E-state index contributed by atoms with van der Waals surface area (Å²) < 4.78 is 5.33. The van der Waals surface area contributed by atoms with Crippen molar-refractivity contribution in [3.05, 3.63) is 47.5 Å². The Kier molecular flexibility index (Phi) is 2.42. The summed E-state index contributed by atoms with van der Waals surface area (Å²) in [5, 5.41) is 2.58. The topological polar surface area (TPSA) is 35.2 Å². The van der Waals surface area contributed by atoms with Crippen molar-refractivity contribution >= 4 is 10.8 Å². The molecule has 1 heterocycles. The van der Waals surface area contributed by atoms with E-state index in [0.717, 1.165) is 13.2 Å². The molecule has 0 bridgehead atoms. The lowest BCUT2D eigenvalue weighted by atomic mass is 9.78. The van der Waals surface area contributed by atoms with Crippen LogP contribution in [0.1, 0.15) is 11.1 Å². The van der Waals surface area contributed by atoms with E-state index in [2.05, 4.69) is 43.3 Å². The fourth-order valence-electron chi connectivity index (χ4n) is 2.45. The van der Waals surface area contributed by atoms with Crippen molar-refractivity contribution in [3.63, 3.8) is 0 Å². The van der Waals surface area contributed by atoms with Crippen molar-refractivity contribution in [2.45, 2.75) is 12.3 Å². The Morgan fingerprint density at radius 3 is 2.47 bits per heavy atom. The minimum atomic E-state index is 0.0546. The number of benzene rings is 2. The molecule has 1 aliphatic heterocycles. The summed E-state index contributed by atoms with van der Waals surface area (Å²) in [6.45, 7) is 4.28. The van der Waals surface area contributed by atoms with Crippen molar-refractivity contribution < 1.29 is 4.74 Å². The summed E-state index contributed by atoms with van der Waals surface area (Å²) in [4.78, 5) is 0. The summed E-state index contributed by atoms with van der Waals surface area (Å²) in [6, 6.07) is 13.2. The molecule has 2 N–H and O–H groups in total. The van der Waals surface area contributed by atoms with E-state index in [1.54, 1.807) is 0 Å². The zero-order chi connectivity index (χ0) is 11.9. The van der Waals surface area contributed by atoms with Crippen molar-refractivity contribution in [1.29, 1.82) is 0 Å². The van der Waals surface area contributed by atoms with Crippen LogP contribution in [-0.4, -0.2) is 19.8 Å². The van der Waals surface area contributed by atoms with Crippen LogP contribution in [-0.2, 0) is 10.2 Å². The first-order valence-corrected chi connectivity index (χ1v) is 6.02. The van der Waals surface area contributed by atoms with Gasteiger partial charge >= 0.3 is 0 Å². The maximum atomic E-state index is 5.89. The highest BCUT2D eigenvalue weighted by Crippen LogP contribution is 2.33. The van der Waals surface area contributed by atoms with Gasteiger partial charge in [0.05, 0.1) is 18.6 Å². The van der Waals surface area contributed by atoms with Crippen LogP contribution in [0.2, 0.25) is 0 Å². The molecule has 1 saturated heterocycles. The normalized spacial score (nSPS) is 18.0. The second-order valence-electron chi connectivity index (χ2n) is 5.04. The molecule has 0 atom stereocenters. The molecule has 0 aliphatic carbocycles. The zero-order valence-corrected chi connectivity index (χ0v) is 10.1. The zero-order valence-electron chi connectivity index (χ0n) is 10.1. The largest absolute Gasteiger partial charge is 0.379 e. The van der Waals surface area contributed by atoms with E-state index in [1.165, 1.54) is 21.9 Å². The summed E-state index contributed by atoms with van der Waals surface area (Å²) in [5.41, 5.74) is 8.55. The number of rotatable bonds is 2. The number of hydrogen-bond acceptors (Lipinski definition) is 2. The monoisotopic (exact) mass is 227 g/mol. The molecular formula is C15H17NO. The van der Waals surface area contributed by atoms with Gasteiger partial charge in [-0.3, -0.25) is 0 Å². The average molecular weight is 227 g/mol. The molecule has 2 aromatic rings. The Morgan fingerprint density at radius 1 is 1.12 bits per heavy atom. The molecule has 2 heteroatoms. The Hall–Kier alpha value is -1.38. The van der Waals surface area contributed by atoms with Crippen LogP contribution in [0.3, 0.4) is 0 Å². The quantitative estimate of drug-likeness (QED) is 0.855.